The average Bonchev–Trinajstić information content (AvgIpc) is 2.74. The van der Waals surface area contributed by atoms with Gasteiger partial charge in [-0.05, 0) is 31.9 Å². The van der Waals surface area contributed by atoms with Gasteiger partial charge in [-0.1, -0.05) is 12.8 Å². The molecule has 0 amide bonds. The lowest BCUT2D eigenvalue weighted by atomic mass is 10.0. The van der Waals surface area contributed by atoms with Crippen molar-refractivity contribution >= 4 is 0 Å². The van der Waals surface area contributed by atoms with Gasteiger partial charge < -0.3 is 14.9 Å². The first kappa shape index (κ1) is 13.3. The van der Waals surface area contributed by atoms with Crippen LogP contribution < -0.4 is 4.74 Å². The molecule has 100 valence electrons. The lowest BCUT2D eigenvalue weighted by Gasteiger charge is -2.22. The summed E-state index contributed by atoms with van der Waals surface area (Å²) in [5.41, 5.74) is -0.513. The minimum absolute atomic E-state index is 0.195. The van der Waals surface area contributed by atoms with Gasteiger partial charge in [0.15, 0.2) is 0 Å². The Morgan fingerprint density at radius 3 is 2.61 bits per heavy atom. The number of aliphatic hydroxyl groups excluding tert-OH is 1. The van der Waals surface area contributed by atoms with Crippen molar-refractivity contribution in [3.8, 4) is 5.75 Å². The molecule has 1 aromatic carbocycles. The molecule has 18 heavy (non-hydrogen) atoms. The maximum Gasteiger partial charge on any atom is 0.132 e. The fourth-order valence-corrected chi connectivity index (χ4v) is 2.33. The summed E-state index contributed by atoms with van der Waals surface area (Å²) < 4.78 is 19.0. The van der Waals surface area contributed by atoms with Gasteiger partial charge in [-0.25, -0.2) is 4.39 Å². The molecule has 0 unspecified atom stereocenters. The Balaban J connectivity index is 2.00. The Kier molecular flexibility index (Phi) is 3.88. The highest BCUT2D eigenvalue weighted by atomic mass is 19.1. The first-order valence-electron chi connectivity index (χ1n) is 6.33. The van der Waals surface area contributed by atoms with E-state index in [-0.39, 0.29) is 12.2 Å². The van der Waals surface area contributed by atoms with Crippen LogP contribution in [-0.4, -0.2) is 22.4 Å². The Bertz CT molecular complexity index is 412. The SMILES string of the molecule is C[C@@H](O)c1ccc(OCC2(O)CCCC2)cc1F. The van der Waals surface area contributed by atoms with Crippen LogP contribution in [0.15, 0.2) is 18.2 Å². The molecule has 1 fully saturated rings. The summed E-state index contributed by atoms with van der Waals surface area (Å²) in [6.45, 7) is 1.71. The topological polar surface area (TPSA) is 49.7 Å². The number of benzene rings is 1. The van der Waals surface area contributed by atoms with Gasteiger partial charge in [0.05, 0.1) is 11.7 Å². The van der Waals surface area contributed by atoms with Crippen molar-refractivity contribution in [2.75, 3.05) is 6.61 Å². The van der Waals surface area contributed by atoms with E-state index in [1.54, 1.807) is 6.07 Å². The second-order valence-corrected chi connectivity index (χ2v) is 5.08. The average molecular weight is 254 g/mol. The normalized spacial score (nSPS) is 19.8. The second kappa shape index (κ2) is 5.24. The minimum atomic E-state index is -0.835. The quantitative estimate of drug-likeness (QED) is 0.868. The van der Waals surface area contributed by atoms with E-state index in [1.807, 2.05) is 0 Å². The van der Waals surface area contributed by atoms with Crippen LogP contribution in [0.4, 0.5) is 4.39 Å². The Hall–Kier alpha value is -1.13. The minimum Gasteiger partial charge on any atom is -0.490 e. The molecule has 1 aromatic rings. The molecule has 1 saturated carbocycles. The number of hydrogen-bond acceptors (Lipinski definition) is 3. The van der Waals surface area contributed by atoms with E-state index in [4.69, 9.17) is 4.74 Å². The van der Waals surface area contributed by atoms with Crippen molar-refractivity contribution in [1.29, 1.82) is 0 Å². The largest absolute Gasteiger partial charge is 0.490 e. The van der Waals surface area contributed by atoms with E-state index in [0.29, 0.717) is 5.75 Å². The van der Waals surface area contributed by atoms with Crippen LogP contribution in [0.25, 0.3) is 0 Å². The maximum absolute atomic E-state index is 13.6. The highest BCUT2D eigenvalue weighted by molar-refractivity contribution is 5.30. The summed E-state index contributed by atoms with van der Waals surface area (Å²) in [7, 11) is 0. The molecule has 3 nitrogen and oxygen atoms in total. The van der Waals surface area contributed by atoms with Crippen LogP contribution in [0.2, 0.25) is 0 Å². The molecule has 1 aliphatic carbocycles. The summed E-state index contributed by atoms with van der Waals surface area (Å²) in [6.07, 6.45) is 2.66. The second-order valence-electron chi connectivity index (χ2n) is 5.08. The third kappa shape index (κ3) is 3.00. The zero-order valence-electron chi connectivity index (χ0n) is 10.5. The third-order valence-electron chi connectivity index (χ3n) is 3.46. The number of ether oxygens (including phenoxy) is 1. The maximum atomic E-state index is 13.6. The van der Waals surface area contributed by atoms with Gasteiger partial charge in [0.1, 0.15) is 18.2 Å². The Labute approximate surface area is 106 Å². The molecule has 4 heteroatoms. The van der Waals surface area contributed by atoms with Crippen LogP contribution in [0, 0.1) is 5.82 Å². The molecule has 0 radical (unpaired) electrons. The number of aliphatic hydroxyl groups is 2. The highest BCUT2D eigenvalue weighted by Crippen LogP contribution is 2.30. The summed E-state index contributed by atoms with van der Waals surface area (Å²) in [5, 5.41) is 19.4. The number of hydrogen-bond donors (Lipinski definition) is 2. The van der Waals surface area contributed by atoms with Gasteiger partial charge >= 0.3 is 0 Å². The zero-order valence-corrected chi connectivity index (χ0v) is 10.5. The standard InChI is InChI=1S/C14H19FO3/c1-10(16)12-5-4-11(8-13(12)15)18-9-14(17)6-2-3-7-14/h4-5,8,10,16-17H,2-3,6-7,9H2,1H3/t10-/m1/s1. The first-order valence-corrected chi connectivity index (χ1v) is 6.33. The lowest BCUT2D eigenvalue weighted by Crippen LogP contribution is -2.32. The van der Waals surface area contributed by atoms with Gasteiger partial charge in [-0.15, -0.1) is 0 Å². The van der Waals surface area contributed by atoms with Crippen molar-refractivity contribution in [2.24, 2.45) is 0 Å². The summed E-state index contributed by atoms with van der Waals surface area (Å²) in [6, 6.07) is 4.37. The molecular formula is C14H19FO3. The zero-order chi connectivity index (χ0) is 13.2. The third-order valence-corrected chi connectivity index (χ3v) is 3.46. The summed E-state index contributed by atoms with van der Waals surface area (Å²) in [5.74, 6) is -0.0989. The molecule has 2 rings (SSSR count). The molecular weight excluding hydrogens is 235 g/mol. The van der Waals surface area contributed by atoms with Crippen molar-refractivity contribution in [1.82, 2.24) is 0 Å². The molecule has 1 aliphatic rings. The van der Waals surface area contributed by atoms with E-state index in [1.165, 1.54) is 19.1 Å². The molecule has 1 atom stereocenters. The van der Waals surface area contributed by atoms with Gasteiger partial charge in [0.2, 0.25) is 0 Å². The molecule has 0 spiro atoms. The lowest BCUT2D eigenvalue weighted by molar-refractivity contribution is 0.00128. The van der Waals surface area contributed by atoms with Crippen molar-refractivity contribution in [2.45, 2.75) is 44.3 Å². The van der Waals surface area contributed by atoms with Crippen molar-refractivity contribution in [3.63, 3.8) is 0 Å². The van der Waals surface area contributed by atoms with Crippen LogP contribution in [0.3, 0.4) is 0 Å². The molecule has 0 bridgehead atoms. The Morgan fingerprint density at radius 1 is 1.39 bits per heavy atom. The summed E-state index contributed by atoms with van der Waals surface area (Å²) in [4.78, 5) is 0. The smallest absolute Gasteiger partial charge is 0.132 e. The van der Waals surface area contributed by atoms with Crippen LogP contribution in [-0.2, 0) is 0 Å². The van der Waals surface area contributed by atoms with E-state index in [9.17, 15) is 14.6 Å². The fraction of sp³-hybridized carbons (Fsp3) is 0.571. The van der Waals surface area contributed by atoms with E-state index >= 15 is 0 Å². The first-order chi connectivity index (χ1) is 8.50. The molecule has 2 N–H and O–H groups in total. The van der Waals surface area contributed by atoms with Crippen LogP contribution in [0.5, 0.6) is 5.75 Å². The van der Waals surface area contributed by atoms with Crippen LogP contribution >= 0.6 is 0 Å². The summed E-state index contributed by atoms with van der Waals surface area (Å²) >= 11 is 0. The van der Waals surface area contributed by atoms with Crippen LogP contribution in [0.1, 0.15) is 44.3 Å². The fourth-order valence-electron chi connectivity index (χ4n) is 2.33. The van der Waals surface area contributed by atoms with Gasteiger partial charge in [0, 0.05) is 11.6 Å². The van der Waals surface area contributed by atoms with Gasteiger partial charge in [-0.2, -0.15) is 0 Å². The van der Waals surface area contributed by atoms with Crippen molar-refractivity contribution in [3.05, 3.63) is 29.6 Å². The van der Waals surface area contributed by atoms with E-state index in [2.05, 4.69) is 0 Å². The number of rotatable bonds is 4. The van der Waals surface area contributed by atoms with Gasteiger partial charge in [-0.3, -0.25) is 0 Å². The predicted octanol–water partition coefficient (Wildman–Crippen LogP) is 2.56. The predicted molar refractivity (Wildman–Crippen MR) is 65.9 cm³/mol. The molecule has 0 heterocycles. The Morgan fingerprint density at radius 2 is 2.06 bits per heavy atom. The monoisotopic (exact) mass is 254 g/mol. The molecule has 0 aliphatic heterocycles. The molecule has 0 saturated heterocycles. The van der Waals surface area contributed by atoms with Gasteiger partial charge in [0.25, 0.3) is 0 Å². The molecule has 0 aromatic heterocycles. The van der Waals surface area contributed by atoms with E-state index in [0.717, 1.165) is 25.7 Å². The number of halogens is 1. The van der Waals surface area contributed by atoms with Crippen molar-refractivity contribution < 1.29 is 19.3 Å². The highest BCUT2D eigenvalue weighted by Gasteiger charge is 2.31. The van der Waals surface area contributed by atoms with E-state index < -0.39 is 17.5 Å².